The fraction of sp³-hybridized carbons (Fsp3) is 0.533. The number of carbonyl (C=O) groups excluding carboxylic acids is 2. The van der Waals surface area contributed by atoms with E-state index >= 15 is 0 Å². The Labute approximate surface area is 220 Å². The van der Waals surface area contributed by atoms with Gasteiger partial charge in [-0.1, -0.05) is 62.6 Å². The molecule has 2 aromatic carbocycles. The third-order valence-corrected chi connectivity index (χ3v) is 7.71. The Bertz CT molecular complexity index is 1050. The zero-order chi connectivity index (χ0) is 26.4. The Kier molecular flexibility index (Phi) is 9.22. The molecule has 1 fully saturated rings. The largest absolute Gasteiger partial charge is 0.486 e. The molecule has 200 valence electrons. The van der Waals surface area contributed by atoms with Gasteiger partial charge >= 0.3 is 0 Å². The van der Waals surface area contributed by atoms with Crippen molar-refractivity contribution in [2.45, 2.75) is 64.6 Å². The predicted octanol–water partition coefficient (Wildman–Crippen LogP) is 4.56. The summed E-state index contributed by atoms with van der Waals surface area (Å²) < 4.78 is 6.64. The van der Waals surface area contributed by atoms with Gasteiger partial charge in [-0.2, -0.15) is 0 Å². The molecule has 1 heterocycles. The van der Waals surface area contributed by atoms with Crippen LogP contribution in [-0.4, -0.2) is 65.6 Å². The number of hydrogen-bond donors (Lipinski definition) is 2. The lowest BCUT2D eigenvalue weighted by atomic mass is 9.88. The van der Waals surface area contributed by atoms with Crippen molar-refractivity contribution in [2.24, 2.45) is 11.8 Å². The first kappa shape index (κ1) is 27.1. The van der Waals surface area contributed by atoms with E-state index in [0.29, 0.717) is 30.1 Å². The lowest BCUT2D eigenvalue weighted by Crippen LogP contribution is -2.49. The number of nitrogens with zero attached hydrogens (tertiary/aromatic N) is 2. The van der Waals surface area contributed by atoms with Crippen molar-refractivity contribution >= 4 is 17.5 Å². The summed E-state index contributed by atoms with van der Waals surface area (Å²) in [6.07, 6.45) is 4.89. The molecule has 0 spiro atoms. The maximum atomic E-state index is 13.7. The quantitative estimate of drug-likeness (QED) is 0.548. The van der Waals surface area contributed by atoms with Crippen LogP contribution in [0.4, 0.5) is 5.69 Å². The fourth-order valence-corrected chi connectivity index (χ4v) is 5.43. The highest BCUT2D eigenvalue weighted by atomic mass is 16.5. The number of amides is 2. The summed E-state index contributed by atoms with van der Waals surface area (Å²) in [5.74, 6) is 0.236. The molecule has 2 aromatic rings. The van der Waals surface area contributed by atoms with Crippen molar-refractivity contribution in [3.05, 3.63) is 59.7 Å². The van der Waals surface area contributed by atoms with Crippen LogP contribution in [0.3, 0.4) is 0 Å². The van der Waals surface area contributed by atoms with E-state index in [4.69, 9.17) is 4.74 Å². The van der Waals surface area contributed by atoms with Gasteiger partial charge in [0.05, 0.1) is 23.9 Å². The number of anilines is 1. The number of fused-ring (bicyclic) bond motifs is 1. The number of benzene rings is 2. The molecule has 0 aromatic heterocycles. The van der Waals surface area contributed by atoms with E-state index in [2.05, 4.69) is 36.3 Å². The van der Waals surface area contributed by atoms with Crippen LogP contribution in [0.25, 0.3) is 0 Å². The first-order valence-electron chi connectivity index (χ1n) is 13.6. The zero-order valence-electron chi connectivity index (χ0n) is 22.4. The van der Waals surface area contributed by atoms with Gasteiger partial charge in [0.25, 0.3) is 5.91 Å². The summed E-state index contributed by atoms with van der Waals surface area (Å²) in [7, 11) is 2.07. The minimum atomic E-state index is -0.330. The Balaban J connectivity index is 1.63. The van der Waals surface area contributed by atoms with E-state index < -0.39 is 0 Å². The molecule has 2 N–H and O–H groups in total. The van der Waals surface area contributed by atoms with E-state index in [1.807, 2.05) is 31.2 Å². The zero-order valence-corrected chi connectivity index (χ0v) is 22.4. The van der Waals surface area contributed by atoms with Crippen LogP contribution in [0.5, 0.6) is 5.75 Å². The van der Waals surface area contributed by atoms with Gasteiger partial charge in [0.15, 0.2) is 5.75 Å². The highest BCUT2D eigenvalue weighted by Gasteiger charge is 2.35. The van der Waals surface area contributed by atoms with Crippen molar-refractivity contribution in [3.63, 3.8) is 0 Å². The van der Waals surface area contributed by atoms with Gasteiger partial charge in [0.1, 0.15) is 6.10 Å². The number of nitrogens with one attached hydrogen (secondary N) is 1. The molecule has 0 radical (unpaired) electrons. The van der Waals surface area contributed by atoms with Crippen molar-refractivity contribution in [2.75, 3.05) is 32.1 Å². The van der Waals surface area contributed by atoms with Gasteiger partial charge in [-0.25, -0.2) is 0 Å². The van der Waals surface area contributed by atoms with Crippen LogP contribution < -0.4 is 10.1 Å². The number of likely N-dealkylation sites (N-methyl/N-ethyl adjacent to an activating group) is 1. The normalized spacial score (nSPS) is 21.5. The Morgan fingerprint density at radius 2 is 1.86 bits per heavy atom. The van der Waals surface area contributed by atoms with Crippen LogP contribution in [0.2, 0.25) is 0 Å². The summed E-state index contributed by atoms with van der Waals surface area (Å²) in [4.78, 5) is 30.8. The minimum absolute atomic E-state index is 0.00224. The molecule has 7 nitrogen and oxygen atoms in total. The van der Waals surface area contributed by atoms with Gasteiger partial charge in [-0.05, 0) is 44.5 Å². The van der Waals surface area contributed by atoms with Crippen molar-refractivity contribution in [1.82, 2.24) is 9.80 Å². The van der Waals surface area contributed by atoms with E-state index in [0.717, 1.165) is 32.2 Å². The Morgan fingerprint density at radius 3 is 2.57 bits per heavy atom. The molecule has 2 amide bonds. The summed E-state index contributed by atoms with van der Waals surface area (Å²) >= 11 is 0. The SMILES string of the molecule is C[C@H](CO)N1C[C@H](C)[C@H](CN(C)Cc2ccccc2)Oc2c(NC(=O)C3CCCCC3)cccc2C1=O. The maximum absolute atomic E-state index is 13.7. The average molecular weight is 508 g/mol. The van der Waals surface area contributed by atoms with Gasteiger partial charge in [0, 0.05) is 31.5 Å². The third-order valence-electron chi connectivity index (χ3n) is 7.71. The molecule has 7 heteroatoms. The average Bonchev–Trinajstić information content (AvgIpc) is 2.91. The van der Waals surface area contributed by atoms with E-state index in [1.165, 1.54) is 12.0 Å². The molecule has 0 bridgehead atoms. The molecule has 3 atom stereocenters. The lowest BCUT2D eigenvalue weighted by molar-refractivity contribution is -0.120. The first-order valence-corrected chi connectivity index (χ1v) is 13.6. The van der Waals surface area contributed by atoms with Gasteiger partial charge < -0.3 is 20.1 Å². The second-order valence-electron chi connectivity index (χ2n) is 10.8. The van der Waals surface area contributed by atoms with Gasteiger partial charge in [-0.15, -0.1) is 0 Å². The molecule has 0 unspecified atom stereocenters. The number of ether oxygens (including phenoxy) is 1. The fourth-order valence-electron chi connectivity index (χ4n) is 5.43. The molecular formula is C30H41N3O4. The predicted molar refractivity (Wildman–Crippen MR) is 146 cm³/mol. The minimum Gasteiger partial charge on any atom is -0.486 e. The van der Waals surface area contributed by atoms with Gasteiger partial charge in [0.2, 0.25) is 5.91 Å². The smallest absolute Gasteiger partial charge is 0.258 e. The molecule has 1 aliphatic carbocycles. The molecule has 1 saturated carbocycles. The first-order chi connectivity index (χ1) is 17.9. The summed E-state index contributed by atoms with van der Waals surface area (Å²) in [5, 5.41) is 13.0. The molecule has 1 aliphatic heterocycles. The van der Waals surface area contributed by atoms with Crippen LogP contribution in [0.15, 0.2) is 48.5 Å². The molecule has 37 heavy (non-hydrogen) atoms. The Hall–Kier alpha value is -2.90. The van der Waals surface area contributed by atoms with E-state index in [9.17, 15) is 14.7 Å². The summed E-state index contributed by atoms with van der Waals surface area (Å²) in [6.45, 7) is 5.72. The van der Waals surface area contributed by atoms with Crippen LogP contribution >= 0.6 is 0 Å². The van der Waals surface area contributed by atoms with E-state index in [-0.39, 0.29) is 42.4 Å². The highest BCUT2D eigenvalue weighted by molar-refractivity contribution is 6.02. The van der Waals surface area contributed by atoms with Crippen molar-refractivity contribution < 1.29 is 19.4 Å². The van der Waals surface area contributed by atoms with Crippen molar-refractivity contribution in [1.29, 1.82) is 0 Å². The van der Waals surface area contributed by atoms with Gasteiger partial charge in [-0.3, -0.25) is 14.5 Å². The standard InChI is InChI=1S/C30H41N3O4/c1-21-17-33(22(2)20-34)30(36)25-15-10-16-26(31-29(35)24-13-8-5-9-14-24)28(25)37-27(21)19-32(3)18-23-11-6-4-7-12-23/h4,6-7,10-12,15-16,21-22,24,27,34H,5,8-9,13-14,17-20H2,1-3H3,(H,31,35)/t21-,22+,27-/m0/s1. The number of rotatable bonds is 8. The lowest BCUT2D eigenvalue weighted by Gasteiger charge is -2.38. The Morgan fingerprint density at radius 1 is 1.14 bits per heavy atom. The molecule has 4 rings (SSSR count). The number of para-hydroxylation sites is 1. The van der Waals surface area contributed by atoms with Crippen molar-refractivity contribution in [3.8, 4) is 5.75 Å². The molecule has 0 saturated heterocycles. The third kappa shape index (κ3) is 6.70. The monoisotopic (exact) mass is 507 g/mol. The second-order valence-corrected chi connectivity index (χ2v) is 10.8. The highest BCUT2D eigenvalue weighted by Crippen LogP contribution is 2.36. The van der Waals surface area contributed by atoms with Crippen LogP contribution in [0, 0.1) is 11.8 Å². The maximum Gasteiger partial charge on any atom is 0.258 e. The van der Waals surface area contributed by atoms with Crippen LogP contribution in [0.1, 0.15) is 61.9 Å². The number of hydrogen-bond acceptors (Lipinski definition) is 5. The topological polar surface area (TPSA) is 82.1 Å². The van der Waals surface area contributed by atoms with E-state index in [1.54, 1.807) is 17.0 Å². The molecule has 2 aliphatic rings. The second kappa shape index (κ2) is 12.6. The summed E-state index contributed by atoms with van der Waals surface area (Å²) in [5.41, 5.74) is 2.18. The molecular weight excluding hydrogens is 466 g/mol. The number of aliphatic hydroxyl groups is 1. The summed E-state index contributed by atoms with van der Waals surface area (Å²) in [6, 6.07) is 15.3. The number of aliphatic hydroxyl groups excluding tert-OH is 1. The number of carbonyl (C=O) groups is 2. The van der Waals surface area contributed by atoms with Crippen LogP contribution in [-0.2, 0) is 11.3 Å².